The minimum atomic E-state index is -0.782. The van der Waals surface area contributed by atoms with Gasteiger partial charge >= 0.3 is 5.97 Å². The molecule has 1 aliphatic heterocycles. The highest BCUT2D eigenvalue weighted by molar-refractivity contribution is 5.70. The maximum absolute atomic E-state index is 11.1. The number of rotatable bonds is 7. The van der Waals surface area contributed by atoms with Crippen LogP contribution in [0.4, 0.5) is 0 Å². The van der Waals surface area contributed by atoms with Crippen LogP contribution in [-0.2, 0) is 24.2 Å². The molecule has 3 aromatic rings. The van der Waals surface area contributed by atoms with E-state index < -0.39 is 11.9 Å². The van der Waals surface area contributed by atoms with Crippen LogP contribution in [0.2, 0.25) is 0 Å². The van der Waals surface area contributed by atoms with Crippen LogP contribution in [0.15, 0.2) is 60.7 Å². The third kappa shape index (κ3) is 4.96. The maximum Gasteiger partial charge on any atom is 0.306 e. The summed E-state index contributed by atoms with van der Waals surface area (Å²) in [5.74, 6) is 0.492. The van der Waals surface area contributed by atoms with Gasteiger partial charge in [-0.05, 0) is 73.7 Å². The number of hydrogen-bond acceptors (Lipinski definition) is 3. The highest BCUT2D eigenvalue weighted by Crippen LogP contribution is 2.41. The van der Waals surface area contributed by atoms with Crippen molar-refractivity contribution in [3.63, 3.8) is 0 Å². The Kier molecular flexibility index (Phi) is 5.96. The first-order chi connectivity index (χ1) is 15.2. The molecule has 0 fully saturated rings. The van der Waals surface area contributed by atoms with Crippen LogP contribution in [0.5, 0.6) is 11.5 Å². The number of benzene rings is 3. The zero-order chi connectivity index (χ0) is 22.9. The van der Waals surface area contributed by atoms with Gasteiger partial charge in [-0.15, -0.1) is 0 Å². The Balaban J connectivity index is 1.55. The molecule has 4 rings (SSSR count). The molecule has 0 radical (unpaired) electrons. The van der Waals surface area contributed by atoms with Crippen LogP contribution in [-0.4, -0.2) is 16.7 Å². The molecule has 1 unspecified atom stereocenters. The molecule has 4 heteroatoms. The number of aliphatic carboxylic acids is 1. The van der Waals surface area contributed by atoms with Crippen molar-refractivity contribution in [3.05, 3.63) is 82.9 Å². The lowest BCUT2D eigenvalue weighted by Gasteiger charge is -2.18. The van der Waals surface area contributed by atoms with Crippen LogP contribution in [0.25, 0.3) is 11.1 Å². The molecule has 3 aromatic carbocycles. The first kappa shape index (κ1) is 21.9. The van der Waals surface area contributed by atoms with Crippen LogP contribution in [0, 0.1) is 12.8 Å². The Morgan fingerprint density at radius 1 is 1.06 bits per heavy atom. The molecule has 0 saturated heterocycles. The summed E-state index contributed by atoms with van der Waals surface area (Å²) in [7, 11) is 0. The van der Waals surface area contributed by atoms with Gasteiger partial charge < -0.3 is 14.6 Å². The molecule has 0 saturated carbocycles. The number of carboxylic acid groups (broad SMARTS) is 1. The highest BCUT2D eigenvalue weighted by atomic mass is 16.5. The fourth-order valence-corrected chi connectivity index (χ4v) is 4.13. The quantitative estimate of drug-likeness (QED) is 0.484. The average Bonchev–Trinajstić information content (AvgIpc) is 3.07. The van der Waals surface area contributed by atoms with Crippen molar-refractivity contribution in [3.8, 4) is 22.6 Å². The summed E-state index contributed by atoms with van der Waals surface area (Å²) in [5, 5.41) is 9.10. The van der Waals surface area contributed by atoms with E-state index in [4.69, 9.17) is 14.6 Å². The first-order valence-electron chi connectivity index (χ1n) is 11.1. The number of carbonyl (C=O) groups is 1. The van der Waals surface area contributed by atoms with Gasteiger partial charge in [0, 0.05) is 12.0 Å². The Bertz CT molecular complexity index is 1110. The standard InChI is InChI=1S/C28H30O4/c1-18-5-9-21(10-6-18)22-14-23-16-28(3,4)32-26(23)24(15-22)17-31-25-11-7-20(8-12-25)13-19(2)27(29)30/h5-12,14-15,19H,13,16-17H2,1-4H3,(H,29,30). The summed E-state index contributed by atoms with van der Waals surface area (Å²) in [6.07, 6.45) is 1.37. The zero-order valence-corrected chi connectivity index (χ0v) is 19.1. The van der Waals surface area contributed by atoms with E-state index in [1.807, 2.05) is 24.3 Å². The second kappa shape index (κ2) is 8.70. The Labute approximate surface area is 189 Å². The third-order valence-corrected chi connectivity index (χ3v) is 5.90. The van der Waals surface area contributed by atoms with Crippen molar-refractivity contribution in [2.45, 2.75) is 52.7 Å². The molecule has 1 heterocycles. The molecule has 1 aliphatic rings. The molecule has 1 atom stereocenters. The summed E-state index contributed by atoms with van der Waals surface area (Å²) < 4.78 is 12.4. The van der Waals surface area contributed by atoms with E-state index in [1.165, 1.54) is 22.3 Å². The van der Waals surface area contributed by atoms with E-state index >= 15 is 0 Å². The number of aryl methyl sites for hydroxylation is 1. The molecule has 32 heavy (non-hydrogen) atoms. The van der Waals surface area contributed by atoms with Crippen molar-refractivity contribution in [2.75, 3.05) is 0 Å². The van der Waals surface area contributed by atoms with E-state index in [9.17, 15) is 4.79 Å². The van der Waals surface area contributed by atoms with E-state index in [0.29, 0.717) is 13.0 Å². The molecule has 4 nitrogen and oxygen atoms in total. The van der Waals surface area contributed by atoms with Gasteiger partial charge in [0.25, 0.3) is 0 Å². The number of fused-ring (bicyclic) bond motifs is 1. The summed E-state index contributed by atoms with van der Waals surface area (Å²) in [6.45, 7) is 8.44. The summed E-state index contributed by atoms with van der Waals surface area (Å²) in [4.78, 5) is 11.1. The number of carboxylic acids is 1. The van der Waals surface area contributed by atoms with Crippen LogP contribution >= 0.6 is 0 Å². The van der Waals surface area contributed by atoms with Crippen molar-refractivity contribution < 1.29 is 19.4 Å². The molecule has 0 amide bonds. The van der Waals surface area contributed by atoms with Crippen molar-refractivity contribution in [1.29, 1.82) is 0 Å². The monoisotopic (exact) mass is 430 g/mol. The fourth-order valence-electron chi connectivity index (χ4n) is 4.13. The lowest BCUT2D eigenvalue weighted by Crippen LogP contribution is -2.25. The number of hydrogen-bond donors (Lipinski definition) is 1. The summed E-state index contributed by atoms with van der Waals surface area (Å²) >= 11 is 0. The predicted octanol–water partition coefficient (Wildman–Crippen LogP) is 6.22. The zero-order valence-electron chi connectivity index (χ0n) is 19.1. The lowest BCUT2D eigenvalue weighted by atomic mass is 9.95. The van der Waals surface area contributed by atoms with E-state index in [2.05, 4.69) is 57.2 Å². The van der Waals surface area contributed by atoms with Crippen molar-refractivity contribution in [1.82, 2.24) is 0 Å². The molecular weight excluding hydrogens is 400 g/mol. The Hall–Kier alpha value is -3.27. The molecule has 166 valence electrons. The van der Waals surface area contributed by atoms with Gasteiger partial charge in [-0.25, -0.2) is 0 Å². The normalized spacial score (nSPS) is 15.0. The molecule has 0 aliphatic carbocycles. The molecule has 0 bridgehead atoms. The number of ether oxygens (including phenoxy) is 2. The van der Waals surface area contributed by atoms with Gasteiger partial charge in [0.1, 0.15) is 23.7 Å². The Morgan fingerprint density at radius 2 is 1.75 bits per heavy atom. The average molecular weight is 431 g/mol. The van der Waals surface area contributed by atoms with Crippen molar-refractivity contribution in [2.24, 2.45) is 5.92 Å². The van der Waals surface area contributed by atoms with Gasteiger partial charge in [0.15, 0.2) is 0 Å². The van der Waals surface area contributed by atoms with E-state index in [1.54, 1.807) is 6.92 Å². The van der Waals surface area contributed by atoms with Crippen LogP contribution in [0.3, 0.4) is 0 Å². The summed E-state index contributed by atoms with van der Waals surface area (Å²) in [5.41, 5.74) is 6.59. The van der Waals surface area contributed by atoms with Crippen LogP contribution < -0.4 is 9.47 Å². The van der Waals surface area contributed by atoms with Gasteiger partial charge in [-0.1, -0.05) is 48.9 Å². The van der Waals surface area contributed by atoms with Gasteiger partial charge in [0.05, 0.1) is 5.92 Å². The second-order valence-electron chi connectivity index (χ2n) is 9.40. The highest BCUT2D eigenvalue weighted by Gasteiger charge is 2.32. The predicted molar refractivity (Wildman–Crippen MR) is 126 cm³/mol. The fraction of sp³-hybridized carbons (Fsp3) is 0.321. The Morgan fingerprint density at radius 3 is 2.41 bits per heavy atom. The lowest BCUT2D eigenvalue weighted by molar-refractivity contribution is -0.141. The van der Waals surface area contributed by atoms with E-state index in [0.717, 1.165) is 29.0 Å². The van der Waals surface area contributed by atoms with E-state index in [-0.39, 0.29) is 5.60 Å². The van der Waals surface area contributed by atoms with Gasteiger partial charge in [-0.2, -0.15) is 0 Å². The third-order valence-electron chi connectivity index (χ3n) is 5.90. The van der Waals surface area contributed by atoms with Gasteiger partial charge in [-0.3, -0.25) is 4.79 Å². The molecule has 0 aromatic heterocycles. The maximum atomic E-state index is 11.1. The van der Waals surface area contributed by atoms with Gasteiger partial charge in [0.2, 0.25) is 0 Å². The second-order valence-corrected chi connectivity index (χ2v) is 9.40. The molecule has 0 spiro atoms. The molecular formula is C28H30O4. The minimum Gasteiger partial charge on any atom is -0.489 e. The summed E-state index contributed by atoms with van der Waals surface area (Å²) in [6, 6.07) is 20.6. The van der Waals surface area contributed by atoms with Crippen molar-refractivity contribution >= 4 is 5.97 Å². The largest absolute Gasteiger partial charge is 0.489 e. The smallest absolute Gasteiger partial charge is 0.306 e. The first-order valence-corrected chi connectivity index (χ1v) is 11.1. The van der Waals surface area contributed by atoms with Crippen LogP contribution in [0.1, 0.15) is 43.0 Å². The topological polar surface area (TPSA) is 55.8 Å². The molecule has 1 N–H and O–H groups in total. The SMILES string of the molecule is Cc1ccc(-c2cc(COc3ccc(CC(C)C(=O)O)cc3)c3c(c2)CC(C)(C)O3)cc1. The minimum absolute atomic E-state index is 0.231.